The Morgan fingerprint density at radius 3 is 1.67 bits per heavy atom. The Labute approximate surface area is 53.2 Å². The lowest BCUT2D eigenvalue weighted by Gasteiger charge is -1.90. The predicted octanol–water partition coefficient (Wildman–Crippen LogP) is -1.06. The van der Waals surface area contributed by atoms with E-state index in [-0.39, 0.29) is 12.8 Å². The highest BCUT2D eigenvalue weighted by molar-refractivity contribution is 5.78. The van der Waals surface area contributed by atoms with Gasteiger partial charge in [0.15, 0.2) is 0 Å². The molecule has 0 aliphatic heterocycles. The first-order valence-corrected chi connectivity index (χ1v) is 2.51. The maximum Gasteiger partial charge on any atom is 0.217 e. The van der Waals surface area contributed by atoms with E-state index < -0.39 is 11.8 Å². The van der Waals surface area contributed by atoms with E-state index >= 15 is 0 Å². The molecule has 51 valence electrons. The highest BCUT2D eigenvalue weighted by Gasteiger charge is 1.96. The fraction of sp³-hybridized carbons (Fsp3) is 0.400. The van der Waals surface area contributed by atoms with Crippen molar-refractivity contribution in [1.29, 1.82) is 0 Å². The fourth-order valence-corrected chi connectivity index (χ4v) is 0.357. The first kappa shape index (κ1) is 7.94. The lowest BCUT2D eigenvalue weighted by Crippen LogP contribution is -2.14. The van der Waals surface area contributed by atoms with E-state index in [1.807, 2.05) is 0 Å². The van der Waals surface area contributed by atoms with Crippen LogP contribution in [-0.2, 0) is 9.59 Å². The van der Waals surface area contributed by atoms with Gasteiger partial charge in [-0.25, -0.2) is 0 Å². The molecule has 0 fully saturated rings. The molecule has 0 aliphatic rings. The molecule has 0 saturated heterocycles. The fourth-order valence-electron chi connectivity index (χ4n) is 0.357. The molecule has 0 bridgehead atoms. The van der Waals surface area contributed by atoms with Gasteiger partial charge in [-0.15, -0.1) is 0 Å². The maximum atomic E-state index is 10.0. The maximum absolute atomic E-state index is 10.0. The third-order valence-corrected chi connectivity index (χ3v) is 0.691. The topological polar surface area (TPSA) is 86.2 Å². The average Bonchev–Trinajstić information content (AvgIpc) is 1.63. The van der Waals surface area contributed by atoms with Gasteiger partial charge in [0.05, 0.1) is 0 Å². The number of carbonyl (C=O) groups excluding carboxylic acids is 2. The van der Waals surface area contributed by atoms with Crippen LogP contribution in [0.5, 0.6) is 0 Å². The lowest BCUT2D eigenvalue weighted by atomic mass is 10.2. The molecule has 0 spiro atoms. The Morgan fingerprint density at radius 2 is 1.44 bits per heavy atom. The van der Waals surface area contributed by atoms with Gasteiger partial charge < -0.3 is 11.5 Å². The van der Waals surface area contributed by atoms with Crippen molar-refractivity contribution in [3.8, 4) is 0 Å². The summed E-state index contributed by atoms with van der Waals surface area (Å²) in [6, 6.07) is 0. The lowest BCUT2D eigenvalue weighted by molar-refractivity contribution is -0.118. The summed E-state index contributed by atoms with van der Waals surface area (Å²) >= 11 is 0. The van der Waals surface area contributed by atoms with Crippen LogP contribution in [0, 0.1) is 6.42 Å². The van der Waals surface area contributed by atoms with Gasteiger partial charge in [-0.3, -0.25) is 9.59 Å². The van der Waals surface area contributed by atoms with Crippen LogP contribution in [0.4, 0.5) is 0 Å². The SMILES string of the molecule is NC(=O)C[CH]CC(N)=O. The van der Waals surface area contributed by atoms with Crippen LogP contribution in [0.15, 0.2) is 0 Å². The smallest absolute Gasteiger partial charge is 0.217 e. The number of nitrogens with two attached hydrogens (primary N) is 2. The highest BCUT2D eigenvalue weighted by Crippen LogP contribution is 1.89. The molecule has 2 amide bonds. The predicted molar refractivity (Wildman–Crippen MR) is 31.9 cm³/mol. The number of hydrogen-bond acceptors (Lipinski definition) is 2. The van der Waals surface area contributed by atoms with E-state index in [1.54, 1.807) is 0 Å². The third kappa shape index (κ3) is 6.94. The molecular formula is C5H9N2O2. The molecule has 0 saturated carbocycles. The average molecular weight is 129 g/mol. The first-order chi connectivity index (χ1) is 4.13. The van der Waals surface area contributed by atoms with Crippen molar-refractivity contribution in [2.24, 2.45) is 11.5 Å². The summed E-state index contributed by atoms with van der Waals surface area (Å²) in [6.07, 6.45) is 1.68. The minimum atomic E-state index is -0.448. The van der Waals surface area contributed by atoms with Gasteiger partial charge in [-0.2, -0.15) is 0 Å². The molecule has 0 heterocycles. The number of primary amides is 2. The van der Waals surface area contributed by atoms with Crippen molar-refractivity contribution in [2.75, 3.05) is 0 Å². The largest absolute Gasteiger partial charge is 0.370 e. The van der Waals surface area contributed by atoms with Crippen LogP contribution >= 0.6 is 0 Å². The van der Waals surface area contributed by atoms with Crippen LogP contribution in [0.2, 0.25) is 0 Å². The molecule has 0 rings (SSSR count). The number of rotatable bonds is 4. The monoisotopic (exact) mass is 129 g/mol. The van der Waals surface area contributed by atoms with E-state index in [9.17, 15) is 9.59 Å². The van der Waals surface area contributed by atoms with E-state index in [0.717, 1.165) is 0 Å². The van der Waals surface area contributed by atoms with Crippen molar-refractivity contribution >= 4 is 11.8 Å². The van der Waals surface area contributed by atoms with E-state index in [4.69, 9.17) is 11.5 Å². The molecule has 4 N–H and O–H groups in total. The summed E-state index contributed by atoms with van der Waals surface area (Å²) in [5, 5.41) is 0. The summed E-state index contributed by atoms with van der Waals surface area (Å²) < 4.78 is 0. The summed E-state index contributed by atoms with van der Waals surface area (Å²) in [5.41, 5.74) is 9.51. The minimum absolute atomic E-state index is 0.114. The number of carbonyl (C=O) groups is 2. The Morgan fingerprint density at radius 1 is 1.11 bits per heavy atom. The second-order valence-electron chi connectivity index (χ2n) is 1.63. The van der Waals surface area contributed by atoms with Gasteiger partial charge in [0, 0.05) is 12.8 Å². The first-order valence-electron chi connectivity index (χ1n) is 2.51. The van der Waals surface area contributed by atoms with Crippen LogP contribution in [0.3, 0.4) is 0 Å². The molecule has 0 aromatic carbocycles. The Kier molecular flexibility index (Phi) is 3.43. The van der Waals surface area contributed by atoms with Gasteiger partial charge in [0.2, 0.25) is 11.8 Å². The third-order valence-electron chi connectivity index (χ3n) is 0.691. The molecule has 0 aromatic rings. The van der Waals surface area contributed by atoms with Crippen LogP contribution < -0.4 is 11.5 Å². The normalized spacial score (nSPS) is 8.89. The summed E-state index contributed by atoms with van der Waals surface area (Å²) in [4.78, 5) is 20.0. The van der Waals surface area contributed by atoms with Gasteiger partial charge >= 0.3 is 0 Å². The van der Waals surface area contributed by atoms with Crippen molar-refractivity contribution in [2.45, 2.75) is 12.8 Å². The minimum Gasteiger partial charge on any atom is -0.370 e. The van der Waals surface area contributed by atoms with Gasteiger partial charge in [0.1, 0.15) is 0 Å². The zero-order valence-electron chi connectivity index (χ0n) is 4.96. The molecule has 4 nitrogen and oxygen atoms in total. The summed E-state index contributed by atoms with van der Waals surface area (Å²) in [6.45, 7) is 0. The van der Waals surface area contributed by atoms with Crippen LogP contribution in [0.25, 0.3) is 0 Å². The second-order valence-corrected chi connectivity index (χ2v) is 1.63. The van der Waals surface area contributed by atoms with Crippen molar-refractivity contribution < 1.29 is 9.59 Å². The van der Waals surface area contributed by atoms with Gasteiger partial charge in [0.25, 0.3) is 0 Å². The molecule has 0 atom stereocenters. The highest BCUT2D eigenvalue weighted by atomic mass is 16.1. The second kappa shape index (κ2) is 3.88. The summed E-state index contributed by atoms with van der Waals surface area (Å²) in [5.74, 6) is -0.896. The molecule has 1 radical (unpaired) electrons. The Hall–Kier alpha value is -1.06. The van der Waals surface area contributed by atoms with E-state index in [1.165, 1.54) is 6.42 Å². The Bertz CT molecular complexity index is 108. The standard InChI is InChI=1S/C5H9N2O2/c6-4(8)2-1-3-5(7)9/h1H,2-3H2,(H2,6,8)(H2,7,9). The van der Waals surface area contributed by atoms with Crippen molar-refractivity contribution in [3.63, 3.8) is 0 Å². The summed E-state index contributed by atoms with van der Waals surface area (Å²) in [7, 11) is 0. The van der Waals surface area contributed by atoms with E-state index in [0.29, 0.717) is 0 Å². The Balaban J connectivity index is 3.10. The zero-order valence-corrected chi connectivity index (χ0v) is 4.96. The molecular weight excluding hydrogens is 120 g/mol. The zero-order chi connectivity index (χ0) is 7.28. The number of amides is 2. The van der Waals surface area contributed by atoms with E-state index in [2.05, 4.69) is 0 Å². The number of hydrogen-bond donors (Lipinski definition) is 2. The van der Waals surface area contributed by atoms with Gasteiger partial charge in [-0.1, -0.05) is 0 Å². The molecule has 0 aromatic heterocycles. The van der Waals surface area contributed by atoms with Gasteiger partial charge in [-0.05, 0) is 6.42 Å². The van der Waals surface area contributed by atoms with Crippen molar-refractivity contribution in [3.05, 3.63) is 6.42 Å². The van der Waals surface area contributed by atoms with Crippen LogP contribution in [-0.4, -0.2) is 11.8 Å². The molecule has 0 aliphatic carbocycles. The molecule has 0 unspecified atom stereocenters. The van der Waals surface area contributed by atoms with Crippen LogP contribution in [0.1, 0.15) is 12.8 Å². The van der Waals surface area contributed by atoms with Crippen molar-refractivity contribution in [1.82, 2.24) is 0 Å². The molecule has 4 heteroatoms. The quantitative estimate of drug-likeness (QED) is 0.507. The molecule has 9 heavy (non-hydrogen) atoms.